The number of rotatable bonds is 3. The van der Waals surface area contributed by atoms with E-state index in [1.807, 2.05) is 72.8 Å². The second-order valence-corrected chi connectivity index (χ2v) is 10.9. The Morgan fingerprint density at radius 3 is 2.18 bits per heavy atom. The van der Waals surface area contributed by atoms with Gasteiger partial charge in [0.05, 0.1) is 22.4 Å². The molecule has 7 rings (SSSR count). The molecular weight excluding hydrogens is 471 g/mol. The third kappa shape index (κ3) is 3.56. The third-order valence-electron chi connectivity index (χ3n) is 7.93. The molecule has 0 amide bonds. The van der Waals surface area contributed by atoms with E-state index in [4.69, 9.17) is 23.7 Å². The maximum Gasteiger partial charge on any atom is 0.494 e. The number of hydrogen-bond donors (Lipinski definition) is 0. The number of aromatic nitrogens is 2. The Morgan fingerprint density at radius 1 is 0.658 bits per heavy atom. The summed E-state index contributed by atoms with van der Waals surface area (Å²) in [6.07, 6.45) is 0. The molecule has 186 valence electrons. The molecule has 1 saturated heterocycles. The van der Waals surface area contributed by atoms with Crippen molar-refractivity contribution in [1.82, 2.24) is 9.97 Å². The highest BCUT2D eigenvalue weighted by molar-refractivity contribution is 6.62. The number of furan rings is 1. The SMILES string of the molecule is CC1(C)OB(c2ccc3oc4cccc(-c5nc(-c6ccccc6)nc6ccccc56)c4c3c2)OC1(C)C. The van der Waals surface area contributed by atoms with Crippen LogP contribution in [-0.2, 0) is 9.31 Å². The zero-order chi connectivity index (χ0) is 26.1. The van der Waals surface area contributed by atoms with Gasteiger partial charge in [-0.2, -0.15) is 0 Å². The van der Waals surface area contributed by atoms with Gasteiger partial charge >= 0.3 is 7.12 Å². The summed E-state index contributed by atoms with van der Waals surface area (Å²) in [7, 11) is -0.453. The molecule has 3 heterocycles. The lowest BCUT2D eigenvalue weighted by Crippen LogP contribution is -2.41. The molecule has 0 atom stereocenters. The zero-order valence-corrected chi connectivity index (χ0v) is 21.9. The Morgan fingerprint density at radius 2 is 1.39 bits per heavy atom. The zero-order valence-electron chi connectivity index (χ0n) is 21.9. The van der Waals surface area contributed by atoms with E-state index < -0.39 is 18.3 Å². The monoisotopic (exact) mass is 498 g/mol. The van der Waals surface area contributed by atoms with E-state index in [1.165, 1.54) is 0 Å². The second-order valence-electron chi connectivity index (χ2n) is 10.9. The van der Waals surface area contributed by atoms with Gasteiger partial charge < -0.3 is 13.7 Å². The van der Waals surface area contributed by atoms with Crippen molar-refractivity contribution in [3.05, 3.63) is 91.0 Å². The summed E-state index contributed by atoms with van der Waals surface area (Å²) in [4.78, 5) is 10.0. The minimum absolute atomic E-state index is 0.413. The van der Waals surface area contributed by atoms with Crippen LogP contribution in [0.15, 0.2) is 95.4 Å². The minimum atomic E-state index is -0.453. The average molecular weight is 498 g/mol. The molecule has 2 aromatic heterocycles. The number of benzene rings is 4. The van der Waals surface area contributed by atoms with Crippen LogP contribution in [0.3, 0.4) is 0 Å². The highest BCUT2D eigenvalue weighted by Crippen LogP contribution is 2.40. The van der Waals surface area contributed by atoms with Crippen LogP contribution >= 0.6 is 0 Å². The van der Waals surface area contributed by atoms with Gasteiger partial charge in [0, 0.05) is 27.3 Å². The fraction of sp³-hybridized carbons (Fsp3) is 0.188. The predicted molar refractivity (Wildman–Crippen MR) is 153 cm³/mol. The molecule has 6 aromatic rings. The molecule has 1 fully saturated rings. The summed E-state index contributed by atoms with van der Waals surface area (Å²) in [5.74, 6) is 0.696. The summed E-state index contributed by atoms with van der Waals surface area (Å²) < 4.78 is 19.0. The molecular formula is C32H27BN2O3. The third-order valence-corrected chi connectivity index (χ3v) is 7.93. The largest absolute Gasteiger partial charge is 0.494 e. The molecule has 0 aliphatic carbocycles. The van der Waals surface area contributed by atoms with Crippen molar-refractivity contribution >= 4 is 45.4 Å². The van der Waals surface area contributed by atoms with E-state index in [9.17, 15) is 0 Å². The molecule has 1 aliphatic rings. The van der Waals surface area contributed by atoms with E-state index in [0.29, 0.717) is 5.82 Å². The van der Waals surface area contributed by atoms with Gasteiger partial charge in [-0.05, 0) is 51.4 Å². The van der Waals surface area contributed by atoms with Crippen LogP contribution in [0.4, 0.5) is 0 Å². The first-order valence-electron chi connectivity index (χ1n) is 12.9. The molecule has 6 heteroatoms. The Hall–Kier alpha value is -4.00. The van der Waals surface area contributed by atoms with Crippen LogP contribution < -0.4 is 5.46 Å². The molecule has 0 saturated carbocycles. The molecule has 5 nitrogen and oxygen atoms in total. The Bertz CT molecular complexity index is 1830. The summed E-state index contributed by atoms with van der Waals surface area (Å²) in [6.45, 7) is 8.28. The number of hydrogen-bond acceptors (Lipinski definition) is 5. The van der Waals surface area contributed by atoms with Crippen LogP contribution in [0.2, 0.25) is 0 Å². The first-order chi connectivity index (χ1) is 18.3. The fourth-order valence-corrected chi connectivity index (χ4v) is 5.17. The van der Waals surface area contributed by atoms with Gasteiger partial charge in [0.25, 0.3) is 0 Å². The van der Waals surface area contributed by atoms with E-state index in [1.54, 1.807) is 0 Å². The number of nitrogens with zero attached hydrogens (tertiary/aromatic N) is 2. The van der Waals surface area contributed by atoms with Gasteiger partial charge in [-0.25, -0.2) is 9.97 Å². The minimum Gasteiger partial charge on any atom is -0.456 e. The van der Waals surface area contributed by atoms with E-state index in [-0.39, 0.29) is 0 Å². The van der Waals surface area contributed by atoms with E-state index in [2.05, 4.69) is 45.9 Å². The molecule has 4 aromatic carbocycles. The van der Waals surface area contributed by atoms with Crippen LogP contribution in [0.5, 0.6) is 0 Å². The highest BCUT2D eigenvalue weighted by atomic mass is 16.7. The standard InChI is InChI=1S/C32H27BN2O3/c1-31(2)32(3,4)38-33(37-31)21-17-18-26-24(19-21)28-23(14-10-16-27(28)36-26)29-22-13-8-9-15-25(22)34-30(35-29)20-11-6-5-7-12-20/h5-19H,1-4H3. The van der Waals surface area contributed by atoms with Gasteiger partial charge in [0.1, 0.15) is 11.2 Å². The molecule has 0 radical (unpaired) electrons. The lowest BCUT2D eigenvalue weighted by atomic mass is 9.78. The van der Waals surface area contributed by atoms with Gasteiger partial charge in [0.2, 0.25) is 0 Å². The van der Waals surface area contributed by atoms with Crippen LogP contribution in [-0.4, -0.2) is 28.3 Å². The molecule has 38 heavy (non-hydrogen) atoms. The molecule has 1 aliphatic heterocycles. The summed E-state index contributed by atoms with van der Waals surface area (Å²) in [5.41, 5.74) is 5.53. The second kappa shape index (κ2) is 8.25. The van der Waals surface area contributed by atoms with Crippen molar-refractivity contribution in [1.29, 1.82) is 0 Å². The van der Waals surface area contributed by atoms with Crippen molar-refractivity contribution in [2.45, 2.75) is 38.9 Å². The molecule has 0 bridgehead atoms. The van der Waals surface area contributed by atoms with Gasteiger partial charge in [-0.15, -0.1) is 0 Å². The van der Waals surface area contributed by atoms with Crippen LogP contribution in [0, 0.1) is 0 Å². The quantitative estimate of drug-likeness (QED) is 0.242. The van der Waals surface area contributed by atoms with Crippen molar-refractivity contribution in [2.75, 3.05) is 0 Å². The van der Waals surface area contributed by atoms with Crippen molar-refractivity contribution in [3.63, 3.8) is 0 Å². The lowest BCUT2D eigenvalue weighted by Gasteiger charge is -2.32. The number of fused-ring (bicyclic) bond motifs is 4. The Kier molecular flexibility index (Phi) is 5.03. The van der Waals surface area contributed by atoms with Gasteiger partial charge in [-0.3, -0.25) is 0 Å². The summed E-state index contributed by atoms with van der Waals surface area (Å²) >= 11 is 0. The summed E-state index contributed by atoms with van der Waals surface area (Å²) in [5, 5.41) is 3.02. The molecule has 0 unspecified atom stereocenters. The Labute approximate surface area is 221 Å². The van der Waals surface area contributed by atoms with Crippen molar-refractivity contribution in [3.8, 4) is 22.6 Å². The van der Waals surface area contributed by atoms with Gasteiger partial charge in [-0.1, -0.05) is 72.8 Å². The normalized spacial score (nSPS) is 16.6. The van der Waals surface area contributed by atoms with Gasteiger partial charge in [0.15, 0.2) is 5.82 Å². The fourth-order valence-electron chi connectivity index (χ4n) is 5.17. The van der Waals surface area contributed by atoms with Crippen molar-refractivity contribution in [2.24, 2.45) is 0 Å². The average Bonchev–Trinajstić information content (AvgIpc) is 3.40. The Balaban J connectivity index is 1.46. The van der Waals surface area contributed by atoms with Crippen LogP contribution in [0.1, 0.15) is 27.7 Å². The highest BCUT2D eigenvalue weighted by Gasteiger charge is 2.51. The maximum atomic E-state index is 6.35. The first-order valence-corrected chi connectivity index (χ1v) is 12.9. The maximum absolute atomic E-state index is 6.35. The lowest BCUT2D eigenvalue weighted by molar-refractivity contribution is 0.00578. The van der Waals surface area contributed by atoms with Crippen LogP contribution in [0.25, 0.3) is 55.5 Å². The van der Waals surface area contributed by atoms with E-state index in [0.717, 1.165) is 55.1 Å². The predicted octanol–water partition coefficient (Wildman–Crippen LogP) is 7.16. The van der Waals surface area contributed by atoms with Crippen molar-refractivity contribution < 1.29 is 13.7 Å². The first kappa shape index (κ1) is 23.1. The molecule has 0 spiro atoms. The molecule has 0 N–H and O–H groups in total. The topological polar surface area (TPSA) is 57.4 Å². The smallest absolute Gasteiger partial charge is 0.456 e. The van der Waals surface area contributed by atoms with E-state index >= 15 is 0 Å². The summed E-state index contributed by atoms with van der Waals surface area (Å²) in [6, 6.07) is 30.6. The number of para-hydroxylation sites is 1.